The van der Waals surface area contributed by atoms with Crippen LogP contribution in [0, 0.1) is 17.8 Å². The summed E-state index contributed by atoms with van der Waals surface area (Å²) in [4.78, 5) is 63.3. The van der Waals surface area contributed by atoms with E-state index in [9.17, 15) is 39.3 Å². The average molecular weight is 702 g/mol. The van der Waals surface area contributed by atoms with Gasteiger partial charge in [0, 0.05) is 31.2 Å². The van der Waals surface area contributed by atoms with Crippen LogP contribution in [-0.2, 0) is 28.7 Å². The van der Waals surface area contributed by atoms with Crippen molar-refractivity contribution in [1.29, 1.82) is 0 Å². The first-order chi connectivity index (χ1) is 23.5. The second kappa shape index (κ2) is 23.3. The lowest BCUT2D eigenvalue weighted by molar-refractivity contribution is -0.205. The molecule has 0 aromatic heterocycles. The number of nitrogens with zero attached hydrogens (tertiary/aromatic N) is 1. The molecule has 1 heterocycles. The van der Waals surface area contributed by atoms with Gasteiger partial charge in [-0.15, -0.1) is 0 Å². The number of unbranched alkanes of at least 4 members (excludes halogenated alkanes) is 2. The minimum atomic E-state index is -2.82. The highest BCUT2D eigenvalue weighted by Gasteiger charge is 2.47. The zero-order valence-electron chi connectivity index (χ0n) is 31.5. The molecule has 4 unspecified atom stereocenters. The molecule has 10 heteroatoms. The molecule has 0 aromatic carbocycles. The lowest BCUT2D eigenvalue weighted by Gasteiger charge is -2.36. The Balaban J connectivity index is 2.42. The molecule has 1 rings (SSSR count). The summed E-state index contributed by atoms with van der Waals surface area (Å²) < 4.78 is 5.30. The monoisotopic (exact) mass is 701 g/mol. The van der Waals surface area contributed by atoms with E-state index in [1.165, 1.54) is 12.5 Å². The minimum absolute atomic E-state index is 0.00382. The van der Waals surface area contributed by atoms with Gasteiger partial charge in [0.05, 0.1) is 12.7 Å². The summed E-state index contributed by atoms with van der Waals surface area (Å²) in [5.41, 5.74) is 1.84. The van der Waals surface area contributed by atoms with Gasteiger partial charge in [0.15, 0.2) is 0 Å². The largest absolute Gasteiger partial charge is 0.464 e. The van der Waals surface area contributed by atoms with Gasteiger partial charge in [-0.05, 0) is 83.6 Å². The molecule has 10 nitrogen and oxygen atoms in total. The SMILES string of the molecule is CC(=O)C/C=C(\C)C(O)CC(=O)C(C)CC/C=C/C=C/C=C(\C)CCCCCC(C)C(O)(O)C(=O)C(=O)N1CCCCC1C(=O)OCC(C)C. The molecule has 3 N–H and O–H groups in total. The Kier molecular flexibility index (Phi) is 20.9. The first-order valence-electron chi connectivity index (χ1n) is 18.3. The molecule has 0 aliphatic carbocycles. The zero-order valence-corrected chi connectivity index (χ0v) is 31.5. The molecule has 282 valence electrons. The van der Waals surface area contributed by atoms with Gasteiger partial charge in [0.1, 0.15) is 17.6 Å². The number of hydrogen-bond donors (Lipinski definition) is 3. The number of rotatable bonds is 23. The Morgan fingerprint density at radius 3 is 2.28 bits per heavy atom. The maximum Gasteiger partial charge on any atom is 0.328 e. The van der Waals surface area contributed by atoms with Gasteiger partial charge in [-0.3, -0.25) is 19.2 Å². The lowest BCUT2D eigenvalue weighted by Crippen LogP contribution is -2.57. The number of ether oxygens (including phenoxy) is 1. The highest BCUT2D eigenvalue weighted by molar-refractivity contribution is 6.39. The Labute approximate surface area is 299 Å². The molecule has 1 amide bonds. The number of aliphatic hydroxyl groups excluding tert-OH is 1. The molecular weight excluding hydrogens is 638 g/mol. The van der Waals surface area contributed by atoms with E-state index in [-0.39, 0.29) is 49.4 Å². The number of aliphatic hydroxyl groups is 3. The van der Waals surface area contributed by atoms with Crippen molar-refractivity contribution in [2.45, 2.75) is 143 Å². The summed E-state index contributed by atoms with van der Waals surface area (Å²) in [5.74, 6) is -6.64. The number of likely N-dealkylation sites (tertiary alicyclic amines) is 1. The van der Waals surface area contributed by atoms with Gasteiger partial charge in [-0.25, -0.2) is 4.79 Å². The van der Waals surface area contributed by atoms with Crippen molar-refractivity contribution < 1.29 is 44.0 Å². The topological polar surface area (TPSA) is 159 Å². The molecule has 1 aliphatic rings. The first kappa shape index (κ1) is 44.8. The van der Waals surface area contributed by atoms with E-state index < -0.39 is 41.5 Å². The van der Waals surface area contributed by atoms with Crippen LogP contribution in [0.15, 0.2) is 47.6 Å². The van der Waals surface area contributed by atoms with Crippen molar-refractivity contribution in [3.8, 4) is 0 Å². The summed E-state index contributed by atoms with van der Waals surface area (Å²) >= 11 is 0. The number of amides is 1. The van der Waals surface area contributed by atoms with Crippen LogP contribution in [0.5, 0.6) is 0 Å². The molecule has 1 saturated heterocycles. The van der Waals surface area contributed by atoms with Crippen molar-refractivity contribution >= 4 is 29.2 Å². The van der Waals surface area contributed by atoms with Crippen LogP contribution in [0.1, 0.15) is 126 Å². The number of allylic oxidation sites excluding steroid dienone is 7. The quantitative estimate of drug-likeness (QED) is 0.0285. The van der Waals surface area contributed by atoms with Crippen molar-refractivity contribution in [1.82, 2.24) is 4.90 Å². The fourth-order valence-corrected chi connectivity index (χ4v) is 5.55. The van der Waals surface area contributed by atoms with E-state index in [0.717, 1.165) is 30.6 Å². The number of esters is 1. The maximum absolute atomic E-state index is 13.1. The molecule has 0 radical (unpaired) electrons. The summed E-state index contributed by atoms with van der Waals surface area (Å²) in [6.07, 6.45) is 17.7. The Bertz CT molecular complexity index is 1240. The molecule has 0 spiro atoms. The number of carbonyl (C=O) groups excluding carboxylic acids is 5. The Morgan fingerprint density at radius 2 is 1.62 bits per heavy atom. The fourth-order valence-electron chi connectivity index (χ4n) is 5.55. The van der Waals surface area contributed by atoms with Gasteiger partial charge in [-0.1, -0.05) is 82.6 Å². The van der Waals surface area contributed by atoms with Crippen LogP contribution in [-0.4, -0.2) is 80.5 Å². The predicted octanol–water partition coefficient (Wildman–Crippen LogP) is 6.12. The third kappa shape index (κ3) is 16.7. The maximum atomic E-state index is 13.1. The summed E-state index contributed by atoms with van der Waals surface area (Å²) in [7, 11) is 0. The van der Waals surface area contributed by atoms with Gasteiger partial charge in [0.25, 0.3) is 11.7 Å². The Hall–Kier alpha value is -3.21. The second-order valence-electron chi connectivity index (χ2n) is 14.4. The normalized spacial score (nSPS) is 18.1. The molecule has 4 atom stereocenters. The van der Waals surface area contributed by atoms with E-state index in [4.69, 9.17) is 4.74 Å². The lowest BCUT2D eigenvalue weighted by atomic mass is 9.89. The molecule has 1 fully saturated rings. The standard InChI is InChI=1S/C40H63NO9/c1-28(2)27-50-39(47)34-22-16-17-25-41(34)38(46)37(45)40(48,49)32(6)21-15-11-13-19-29(3)18-12-9-8-10-14-20-30(4)35(43)26-36(44)31(5)23-24-33(7)42/h8-10,12,18,23,28,30,32,34,36,44,48-49H,11,13-17,19-22,24-27H2,1-7H3/b10-8+,12-9+,29-18+,31-23+. The number of ketones is 3. The first-order valence-corrected chi connectivity index (χ1v) is 18.3. The van der Waals surface area contributed by atoms with Crippen LogP contribution in [0.4, 0.5) is 0 Å². The number of carbonyl (C=O) groups is 5. The number of piperidine rings is 1. The van der Waals surface area contributed by atoms with E-state index in [1.54, 1.807) is 19.9 Å². The van der Waals surface area contributed by atoms with Gasteiger partial charge < -0.3 is 25.0 Å². The highest BCUT2D eigenvalue weighted by atomic mass is 16.5. The van der Waals surface area contributed by atoms with E-state index in [1.807, 2.05) is 58.1 Å². The third-order valence-corrected chi connectivity index (χ3v) is 9.21. The highest BCUT2D eigenvalue weighted by Crippen LogP contribution is 2.26. The fraction of sp³-hybridized carbons (Fsp3) is 0.675. The van der Waals surface area contributed by atoms with Gasteiger partial charge in [0.2, 0.25) is 5.79 Å². The second-order valence-corrected chi connectivity index (χ2v) is 14.4. The van der Waals surface area contributed by atoms with Crippen molar-refractivity contribution in [2.24, 2.45) is 17.8 Å². The van der Waals surface area contributed by atoms with Crippen LogP contribution >= 0.6 is 0 Å². The summed E-state index contributed by atoms with van der Waals surface area (Å²) in [5, 5.41) is 31.6. The third-order valence-electron chi connectivity index (χ3n) is 9.21. The predicted molar refractivity (Wildman–Crippen MR) is 195 cm³/mol. The van der Waals surface area contributed by atoms with Gasteiger partial charge >= 0.3 is 5.97 Å². The van der Waals surface area contributed by atoms with E-state index >= 15 is 0 Å². The van der Waals surface area contributed by atoms with Crippen LogP contribution in [0.2, 0.25) is 0 Å². The summed E-state index contributed by atoms with van der Waals surface area (Å²) in [6.45, 7) is 12.9. The summed E-state index contributed by atoms with van der Waals surface area (Å²) in [6, 6.07) is -0.899. The average Bonchev–Trinajstić information content (AvgIpc) is 3.07. The molecule has 1 aliphatic heterocycles. The van der Waals surface area contributed by atoms with Crippen LogP contribution in [0.25, 0.3) is 0 Å². The van der Waals surface area contributed by atoms with Crippen LogP contribution < -0.4 is 0 Å². The molecule has 0 saturated carbocycles. The molecule has 0 aromatic rings. The van der Waals surface area contributed by atoms with Gasteiger partial charge in [-0.2, -0.15) is 0 Å². The van der Waals surface area contributed by atoms with E-state index in [0.29, 0.717) is 44.1 Å². The molecular formula is C40H63NO9. The smallest absolute Gasteiger partial charge is 0.328 e. The van der Waals surface area contributed by atoms with Crippen molar-refractivity contribution in [3.63, 3.8) is 0 Å². The van der Waals surface area contributed by atoms with Crippen molar-refractivity contribution in [3.05, 3.63) is 47.6 Å². The number of hydrogen-bond acceptors (Lipinski definition) is 9. The van der Waals surface area contributed by atoms with Crippen molar-refractivity contribution in [2.75, 3.05) is 13.2 Å². The zero-order chi connectivity index (χ0) is 37.9. The van der Waals surface area contributed by atoms with Crippen LogP contribution in [0.3, 0.4) is 0 Å². The van der Waals surface area contributed by atoms with E-state index in [2.05, 4.69) is 0 Å². The molecule has 0 bridgehead atoms. The minimum Gasteiger partial charge on any atom is -0.464 e. The molecule has 50 heavy (non-hydrogen) atoms. The Morgan fingerprint density at radius 1 is 0.920 bits per heavy atom. The number of Topliss-reactive ketones (excluding diaryl/α,β-unsaturated/α-hetero) is 3.